The minimum Gasteiger partial charge on any atom is -0.368 e. The Kier molecular flexibility index (Phi) is 7.04. The van der Waals surface area contributed by atoms with Crippen LogP contribution in [-0.2, 0) is 4.79 Å². The number of halogens is 1. The van der Waals surface area contributed by atoms with Gasteiger partial charge in [0.05, 0.1) is 10.5 Å². The number of carbonyl (C=O) groups excluding carboxylic acids is 1. The summed E-state index contributed by atoms with van der Waals surface area (Å²) in [5.41, 5.74) is 2.60. The highest BCUT2D eigenvalue weighted by Gasteiger charge is 2.33. The molecular formula is C27H28FN5O2S2. The predicted molar refractivity (Wildman–Crippen MR) is 152 cm³/mol. The summed E-state index contributed by atoms with van der Waals surface area (Å²) in [6.45, 7) is 9.16. The SMILES string of the molecule is Cc1ccc2nc(N3CCN(c4ccc(F)cc4)CC3)c(/C=C3/SC(=S)N(CC(C)C)C3=O)c(=O)n2c1. The molecule has 1 aromatic carbocycles. The van der Waals surface area contributed by atoms with Crippen LogP contribution in [0.3, 0.4) is 0 Å². The molecule has 5 rings (SSSR count). The van der Waals surface area contributed by atoms with Gasteiger partial charge >= 0.3 is 0 Å². The van der Waals surface area contributed by atoms with Crippen LogP contribution in [0, 0.1) is 18.7 Å². The van der Waals surface area contributed by atoms with Crippen LogP contribution in [0.1, 0.15) is 25.0 Å². The molecule has 10 heteroatoms. The number of thioether (sulfide) groups is 1. The van der Waals surface area contributed by atoms with Crippen molar-refractivity contribution in [1.29, 1.82) is 0 Å². The van der Waals surface area contributed by atoms with Gasteiger partial charge in [-0.25, -0.2) is 9.37 Å². The van der Waals surface area contributed by atoms with Gasteiger partial charge in [-0.15, -0.1) is 0 Å². The second-order valence-corrected chi connectivity index (χ2v) is 11.4. The topological polar surface area (TPSA) is 61.2 Å². The van der Waals surface area contributed by atoms with Gasteiger partial charge in [0.2, 0.25) is 0 Å². The summed E-state index contributed by atoms with van der Waals surface area (Å²) in [7, 11) is 0. The van der Waals surface area contributed by atoms with E-state index in [1.165, 1.54) is 28.3 Å². The molecule has 2 aromatic heterocycles. The van der Waals surface area contributed by atoms with Crippen molar-refractivity contribution in [3.63, 3.8) is 0 Å². The Balaban J connectivity index is 1.52. The Morgan fingerprint density at radius 3 is 2.41 bits per heavy atom. The molecule has 1 amide bonds. The van der Waals surface area contributed by atoms with Gasteiger partial charge in [0.1, 0.15) is 21.6 Å². The second kappa shape index (κ2) is 10.3. The van der Waals surface area contributed by atoms with Crippen molar-refractivity contribution in [3.05, 3.63) is 74.8 Å². The number of amides is 1. The van der Waals surface area contributed by atoms with E-state index in [4.69, 9.17) is 17.2 Å². The number of hydrogen-bond acceptors (Lipinski definition) is 7. The lowest BCUT2D eigenvalue weighted by Crippen LogP contribution is -2.47. The van der Waals surface area contributed by atoms with E-state index < -0.39 is 0 Å². The van der Waals surface area contributed by atoms with Crippen molar-refractivity contribution >= 4 is 57.4 Å². The van der Waals surface area contributed by atoms with E-state index in [2.05, 4.69) is 9.80 Å². The lowest BCUT2D eigenvalue weighted by atomic mass is 10.2. The van der Waals surface area contributed by atoms with Crippen molar-refractivity contribution in [2.24, 2.45) is 5.92 Å². The Bertz CT molecular complexity index is 1460. The molecule has 2 saturated heterocycles. The quantitative estimate of drug-likeness (QED) is 0.355. The summed E-state index contributed by atoms with van der Waals surface area (Å²) in [5, 5.41) is 0. The fourth-order valence-corrected chi connectivity index (χ4v) is 5.85. The highest BCUT2D eigenvalue weighted by molar-refractivity contribution is 8.26. The average Bonchev–Trinajstić information content (AvgIpc) is 3.13. The first-order valence-electron chi connectivity index (χ1n) is 12.2. The van der Waals surface area contributed by atoms with E-state index >= 15 is 0 Å². The van der Waals surface area contributed by atoms with Crippen molar-refractivity contribution in [1.82, 2.24) is 14.3 Å². The molecular weight excluding hydrogens is 509 g/mol. The molecule has 4 heterocycles. The predicted octanol–water partition coefficient (Wildman–Crippen LogP) is 4.33. The standard InChI is InChI=1S/C27H28FN5O2S2/c1-17(2)15-33-26(35)22(37-27(33)36)14-21-24(29-23-9-4-18(3)16-32(23)25(21)34)31-12-10-30(11-13-31)20-7-5-19(28)6-8-20/h4-9,14,16-17H,10-13,15H2,1-3H3/b22-14+. The molecule has 0 spiro atoms. The van der Waals surface area contributed by atoms with Crippen molar-refractivity contribution in [2.45, 2.75) is 20.8 Å². The van der Waals surface area contributed by atoms with Gasteiger partial charge in [0.25, 0.3) is 11.5 Å². The number of anilines is 2. The maximum atomic E-state index is 13.7. The number of piperazine rings is 1. The van der Waals surface area contributed by atoms with Gasteiger partial charge in [-0.1, -0.05) is 43.9 Å². The summed E-state index contributed by atoms with van der Waals surface area (Å²) < 4.78 is 15.4. The molecule has 0 atom stereocenters. The Morgan fingerprint density at radius 1 is 1.05 bits per heavy atom. The monoisotopic (exact) mass is 537 g/mol. The largest absolute Gasteiger partial charge is 0.368 e. The first-order chi connectivity index (χ1) is 17.7. The van der Waals surface area contributed by atoms with Crippen LogP contribution in [0.5, 0.6) is 0 Å². The molecule has 3 aromatic rings. The molecule has 0 unspecified atom stereocenters. The highest BCUT2D eigenvalue weighted by Crippen LogP contribution is 2.34. The number of pyridine rings is 1. The van der Waals surface area contributed by atoms with Gasteiger partial charge in [-0.3, -0.25) is 18.9 Å². The van der Waals surface area contributed by atoms with E-state index in [1.807, 2.05) is 32.9 Å². The first-order valence-corrected chi connectivity index (χ1v) is 13.5. The molecule has 2 aliphatic heterocycles. The smallest absolute Gasteiger partial charge is 0.267 e. The first kappa shape index (κ1) is 25.4. The number of benzene rings is 1. The second-order valence-electron chi connectivity index (χ2n) is 9.73. The molecule has 7 nitrogen and oxygen atoms in total. The van der Waals surface area contributed by atoms with Crippen LogP contribution < -0.4 is 15.4 Å². The lowest BCUT2D eigenvalue weighted by Gasteiger charge is -2.37. The summed E-state index contributed by atoms with van der Waals surface area (Å²) in [4.78, 5) is 38.1. The van der Waals surface area contributed by atoms with Gasteiger partial charge in [-0.05, 0) is 54.8 Å². The molecule has 0 aliphatic carbocycles. The number of aryl methyl sites for hydroxylation is 1. The zero-order chi connectivity index (χ0) is 26.3. The Morgan fingerprint density at radius 2 is 1.73 bits per heavy atom. The van der Waals surface area contributed by atoms with Crippen LogP contribution in [0.4, 0.5) is 15.9 Å². The third-order valence-electron chi connectivity index (χ3n) is 6.45. The van der Waals surface area contributed by atoms with E-state index in [0.717, 1.165) is 11.3 Å². The number of fused-ring (bicyclic) bond motifs is 1. The fourth-order valence-electron chi connectivity index (χ4n) is 4.60. The van der Waals surface area contributed by atoms with Crippen LogP contribution in [-0.4, -0.2) is 57.2 Å². The number of aromatic nitrogens is 2. The minimum absolute atomic E-state index is 0.176. The van der Waals surface area contributed by atoms with E-state index in [9.17, 15) is 14.0 Å². The molecule has 192 valence electrons. The summed E-state index contributed by atoms with van der Waals surface area (Å²) in [6, 6.07) is 10.2. The normalized spacial score (nSPS) is 17.6. The fraction of sp³-hybridized carbons (Fsp3) is 0.333. The summed E-state index contributed by atoms with van der Waals surface area (Å²) in [5.74, 6) is 0.388. The molecule has 0 bridgehead atoms. The molecule has 2 fully saturated rings. The van der Waals surface area contributed by atoms with E-state index in [1.54, 1.807) is 29.3 Å². The minimum atomic E-state index is -0.262. The van der Waals surface area contributed by atoms with Crippen LogP contribution >= 0.6 is 24.0 Å². The van der Waals surface area contributed by atoms with Gasteiger partial charge in [0.15, 0.2) is 0 Å². The number of rotatable bonds is 5. The Labute approximate surface area is 224 Å². The van der Waals surface area contributed by atoms with Gasteiger partial charge in [-0.2, -0.15) is 0 Å². The van der Waals surface area contributed by atoms with Crippen molar-refractivity contribution in [2.75, 3.05) is 42.5 Å². The van der Waals surface area contributed by atoms with E-state index in [-0.39, 0.29) is 23.2 Å². The molecule has 0 radical (unpaired) electrons. The average molecular weight is 538 g/mol. The maximum Gasteiger partial charge on any atom is 0.267 e. The van der Waals surface area contributed by atoms with Gasteiger partial charge < -0.3 is 9.80 Å². The zero-order valence-electron chi connectivity index (χ0n) is 21.0. The van der Waals surface area contributed by atoms with Crippen LogP contribution in [0.15, 0.2) is 52.3 Å². The van der Waals surface area contributed by atoms with E-state index in [0.29, 0.717) is 59.0 Å². The third-order valence-corrected chi connectivity index (χ3v) is 7.83. The highest BCUT2D eigenvalue weighted by atomic mass is 32.2. The van der Waals surface area contributed by atoms with Crippen molar-refractivity contribution < 1.29 is 9.18 Å². The van der Waals surface area contributed by atoms with Gasteiger partial charge in [0, 0.05) is 44.6 Å². The van der Waals surface area contributed by atoms with Crippen LogP contribution in [0.2, 0.25) is 0 Å². The number of hydrogen-bond donors (Lipinski definition) is 0. The maximum absolute atomic E-state index is 13.7. The zero-order valence-corrected chi connectivity index (χ0v) is 22.6. The summed E-state index contributed by atoms with van der Waals surface area (Å²) >= 11 is 6.70. The molecule has 0 saturated carbocycles. The number of nitrogens with zero attached hydrogens (tertiary/aromatic N) is 5. The molecule has 37 heavy (non-hydrogen) atoms. The number of thiocarbonyl (C=S) groups is 1. The lowest BCUT2D eigenvalue weighted by molar-refractivity contribution is -0.122. The summed E-state index contributed by atoms with van der Waals surface area (Å²) in [6.07, 6.45) is 3.42. The molecule has 0 N–H and O–H groups in total. The third kappa shape index (κ3) is 5.13. The van der Waals surface area contributed by atoms with Crippen LogP contribution in [0.25, 0.3) is 11.7 Å². The van der Waals surface area contributed by atoms with Crippen molar-refractivity contribution in [3.8, 4) is 0 Å². The molecule has 2 aliphatic rings. The number of carbonyl (C=O) groups is 1. The Hall–Kier alpha value is -3.24.